The average molecular weight is 289 g/mol. The molecule has 22 heavy (non-hydrogen) atoms. The number of carbonyl (C=O) groups excluding carboxylic acids is 2. The Kier molecular flexibility index (Phi) is 3.97. The molecule has 1 N–H and O–H groups in total. The molecule has 1 aliphatic heterocycles. The molecule has 0 aliphatic carbocycles. The van der Waals surface area contributed by atoms with Crippen LogP contribution in [0, 0.1) is 0 Å². The van der Waals surface area contributed by atoms with E-state index < -0.39 is 0 Å². The van der Waals surface area contributed by atoms with Gasteiger partial charge in [-0.05, 0) is 0 Å². The first-order valence-corrected chi connectivity index (χ1v) is 7.09. The first kappa shape index (κ1) is 14.0. The highest BCUT2D eigenvalue weighted by atomic mass is 16.1. The largest absolute Gasteiger partial charge is 0.367 e. The van der Waals surface area contributed by atoms with Crippen molar-refractivity contribution in [2.45, 2.75) is 6.42 Å². The lowest BCUT2D eigenvalue weighted by Gasteiger charge is -2.14. The second-order valence-corrected chi connectivity index (χ2v) is 5.07. The number of dihydropyridines is 1. The van der Waals surface area contributed by atoms with Crippen molar-refractivity contribution in [2.24, 2.45) is 0 Å². The van der Waals surface area contributed by atoms with E-state index in [-0.39, 0.29) is 11.6 Å². The van der Waals surface area contributed by atoms with Gasteiger partial charge in [0.1, 0.15) is 0 Å². The van der Waals surface area contributed by atoms with Gasteiger partial charge in [0.05, 0.1) is 0 Å². The standard InChI is InChI=1S/C19H15NO2/c21-18(14-7-3-1-4-8-14)16-11-17(13-20-12-16)19(22)15-9-5-2-6-10-15/h1-10,12-13,20H,11H2. The van der Waals surface area contributed by atoms with Gasteiger partial charge < -0.3 is 5.32 Å². The number of carbonyl (C=O) groups is 2. The van der Waals surface area contributed by atoms with Gasteiger partial charge in [-0.3, -0.25) is 9.59 Å². The normalized spacial score (nSPS) is 13.6. The van der Waals surface area contributed by atoms with Crippen molar-refractivity contribution in [3.63, 3.8) is 0 Å². The Morgan fingerprint density at radius 2 is 1.09 bits per heavy atom. The van der Waals surface area contributed by atoms with Gasteiger partial charge in [0, 0.05) is 41.1 Å². The Morgan fingerprint density at radius 3 is 1.50 bits per heavy atom. The fourth-order valence-corrected chi connectivity index (χ4v) is 2.39. The van der Waals surface area contributed by atoms with Gasteiger partial charge >= 0.3 is 0 Å². The van der Waals surface area contributed by atoms with Crippen molar-refractivity contribution in [3.05, 3.63) is 95.3 Å². The molecule has 0 amide bonds. The molecule has 0 saturated heterocycles. The number of nitrogens with one attached hydrogen (secondary N) is 1. The monoisotopic (exact) mass is 289 g/mol. The van der Waals surface area contributed by atoms with E-state index in [0.717, 1.165) is 0 Å². The zero-order chi connectivity index (χ0) is 15.4. The molecule has 0 radical (unpaired) electrons. The molecule has 3 heteroatoms. The molecule has 2 aromatic carbocycles. The van der Waals surface area contributed by atoms with Crippen molar-refractivity contribution in [1.29, 1.82) is 0 Å². The molecule has 0 aromatic heterocycles. The molecule has 0 fully saturated rings. The van der Waals surface area contributed by atoms with Crippen LogP contribution in [0.4, 0.5) is 0 Å². The third kappa shape index (κ3) is 2.88. The predicted octanol–water partition coefficient (Wildman–Crippen LogP) is 3.51. The maximum absolute atomic E-state index is 12.5. The highest BCUT2D eigenvalue weighted by Crippen LogP contribution is 2.21. The van der Waals surface area contributed by atoms with Crippen LogP contribution in [0.15, 0.2) is 84.2 Å². The topological polar surface area (TPSA) is 46.2 Å². The zero-order valence-corrected chi connectivity index (χ0v) is 12.0. The Balaban J connectivity index is 1.78. The molecule has 108 valence electrons. The fraction of sp³-hybridized carbons (Fsp3) is 0.0526. The van der Waals surface area contributed by atoms with Crippen LogP contribution in [0.5, 0.6) is 0 Å². The first-order valence-electron chi connectivity index (χ1n) is 7.09. The number of Topliss-reactive ketones (excluding diaryl/α,β-unsaturated/α-hetero) is 2. The molecular weight excluding hydrogens is 274 g/mol. The van der Waals surface area contributed by atoms with Crippen LogP contribution in [0.2, 0.25) is 0 Å². The van der Waals surface area contributed by atoms with Gasteiger partial charge in [-0.25, -0.2) is 0 Å². The quantitative estimate of drug-likeness (QED) is 0.876. The van der Waals surface area contributed by atoms with Gasteiger partial charge in [-0.1, -0.05) is 60.7 Å². The second-order valence-electron chi connectivity index (χ2n) is 5.07. The zero-order valence-electron chi connectivity index (χ0n) is 12.0. The average Bonchev–Trinajstić information content (AvgIpc) is 2.62. The molecule has 0 atom stereocenters. The molecule has 3 rings (SSSR count). The summed E-state index contributed by atoms with van der Waals surface area (Å²) in [5, 5.41) is 2.92. The van der Waals surface area contributed by atoms with Crippen molar-refractivity contribution < 1.29 is 9.59 Å². The summed E-state index contributed by atoms with van der Waals surface area (Å²) in [5.41, 5.74) is 2.44. The van der Waals surface area contributed by atoms with E-state index in [9.17, 15) is 9.59 Å². The van der Waals surface area contributed by atoms with Crippen molar-refractivity contribution in [3.8, 4) is 0 Å². The number of rotatable bonds is 4. The van der Waals surface area contributed by atoms with Gasteiger partial charge in [-0.2, -0.15) is 0 Å². The lowest BCUT2D eigenvalue weighted by molar-refractivity contribution is 0.102. The minimum absolute atomic E-state index is 0.0560. The van der Waals surface area contributed by atoms with E-state index in [4.69, 9.17) is 0 Å². The van der Waals surface area contributed by atoms with Crippen molar-refractivity contribution >= 4 is 11.6 Å². The van der Waals surface area contributed by atoms with E-state index >= 15 is 0 Å². The lowest BCUT2D eigenvalue weighted by atomic mass is 9.92. The van der Waals surface area contributed by atoms with Crippen LogP contribution in [-0.2, 0) is 0 Å². The van der Waals surface area contributed by atoms with E-state index in [1.807, 2.05) is 36.4 Å². The lowest BCUT2D eigenvalue weighted by Crippen LogP contribution is -2.17. The SMILES string of the molecule is O=C(C1=CNC=C(C(=O)c2ccccc2)C1)c1ccccc1. The molecule has 0 unspecified atom stereocenters. The number of allylic oxidation sites excluding steroid dienone is 2. The summed E-state index contributed by atoms with van der Waals surface area (Å²) >= 11 is 0. The molecule has 0 bridgehead atoms. The Morgan fingerprint density at radius 1 is 0.682 bits per heavy atom. The molecule has 0 saturated carbocycles. The third-order valence-electron chi connectivity index (χ3n) is 3.55. The van der Waals surface area contributed by atoms with Crippen molar-refractivity contribution in [2.75, 3.05) is 0 Å². The molecule has 2 aromatic rings. The molecule has 1 aliphatic rings. The fourth-order valence-electron chi connectivity index (χ4n) is 2.39. The van der Waals surface area contributed by atoms with Crippen LogP contribution in [-0.4, -0.2) is 11.6 Å². The second kappa shape index (κ2) is 6.22. The van der Waals surface area contributed by atoms with Crippen LogP contribution >= 0.6 is 0 Å². The summed E-state index contributed by atoms with van der Waals surface area (Å²) in [6.45, 7) is 0. The van der Waals surface area contributed by atoms with E-state index in [2.05, 4.69) is 5.32 Å². The van der Waals surface area contributed by atoms with Crippen molar-refractivity contribution in [1.82, 2.24) is 5.32 Å². The highest BCUT2D eigenvalue weighted by molar-refractivity contribution is 6.13. The number of ketones is 2. The maximum atomic E-state index is 12.5. The summed E-state index contributed by atoms with van der Waals surface area (Å²) in [4.78, 5) is 24.9. The van der Waals surface area contributed by atoms with Gasteiger partial charge in [0.2, 0.25) is 0 Å². The molecule has 3 nitrogen and oxygen atoms in total. The Hall–Kier alpha value is -2.94. The third-order valence-corrected chi connectivity index (χ3v) is 3.55. The van der Waals surface area contributed by atoms with E-state index in [0.29, 0.717) is 28.7 Å². The predicted molar refractivity (Wildman–Crippen MR) is 85.5 cm³/mol. The van der Waals surface area contributed by atoms with Gasteiger partial charge in [0.15, 0.2) is 11.6 Å². The molecule has 0 spiro atoms. The summed E-state index contributed by atoms with van der Waals surface area (Å²) in [5.74, 6) is -0.112. The summed E-state index contributed by atoms with van der Waals surface area (Å²) in [7, 11) is 0. The van der Waals surface area contributed by atoms with Crippen LogP contribution < -0.4 is 5.32 Å². The smallest absolute Gasteiger partial charge is 0.190 e. The highest BCUT2D eigenvalue weighted by Gasteiger charge is 2.20. The van der Waals surface area contributed by atoms with Crippen LogP contribution in [0.3, 0.4) is 0 Å². The van der Waals surface area contributed by atoms with Gasteiger partial charge in [-0.15, -0.1) is 0 Å². The minimum Gasteiger partial charge on any atom is -0.367 e. The van der Waals surface area contributed by atoms with Crippen LogP contribution in [0.1, 0.15) is 27.1 Å². The minimum atomic E-state index is -0.0560. The summed E-state index contributed by atoms with van der Waals surface area (Å²) in [6, 6.07) is 18.2. The summed E-state index contributed by atoms with van der Waals surface area (Å²) in [6.07, 6.45) is 3.67. The first-order chi connectivity index (χ1) is 10.8. The van der Waals surface area contributed by atoms with Crippen LogP contribution in [0.25, 0.3) is 0 Å². The van der Waals surface area contributed by atoms with E-state index in [1.165, 1.54) is 0 Å². The Bertz CT molecular complexity index is 693. The maximum Gasteiger partial charge on any atom is 0.190 e. The van der Waals surface area contributed by atoms with Gasteiger partial charge in [0.25, 0.3) is 0 Å². The molecular formula is C19H15NO2. The summed E-state index contributed by atoms with van der Waals surface area (Å²) < 4.78 is 0. The van der Waals surface area contributed by atoms with E-state index in [1.54, 1.807) is 36.7 Å². The number of benzene rings is 2. The number of hydrogen-bond acceptors (Lipinski definition) is 3. The number of hydrogen-bond donors (Lipinski definition) is 1. The molecule has 1 heterocycles. The Labute approximate surface area is 129 Å².